The molecule has 3 heteroatoms. The molecular formula is C16H26N2O. The van der Waals surface area contributed by atoms with Crippen LogP contribution in [0.25, 0.3) is 0 Å². The van der Waals surface area contributed by atoms with Crippen LogP contribution < -0.4 is 0 Å². The fourth-order valence-electron chi connectivity index (χ4n) is 2.82. The van der Waals surface area contributed by atoms with Gasteiger partial charge in [0.05, 0.1) is 6.10 Å². The fourth-order valence-corrected chi connectivity index (χ4v) is 2.82. The van der Waals surface area contributed by atoms with Crippen molar-refractivity contribution in [3.63, 3.8) is 0 Å². The number of benzene rings is 1. The van der Waals surface area contributed by atoms with E-state index < -0.39 is 0 Å². The number of hydrogen-bond donors (Lipinski definition) is 1. The number of aryl methyl sites for hydroxylation is 1. The van der Waals surface area contributed by atoms with Gasteiger partial charge >= 0.3 is 0 Å². The lowest BCUT2D eigenvalue weighted by molar-refractivity contribution is 0.0723. The van der Waals surface area contributed by atoms with Gasteiger partial charge in [-0.25, -0.2) is 0 Å². The first-order chi connectivity index (χ1) is 9.20. The highest BCUT2D eigenvalue weighted by Crippen LogP contribution is 2.18. The third kappa shape index (κ3) is 4.03. The van der Waals surface area contributed by atoms with Crippen LogP contribution in [0.3, 0.4) is 0 Å². The van der Waals surface area contributed by atoms with E-state index in [4.69, 9.17) is 0 Å². The van der Waals surface area contributed by atoms with Gasteiger partial charge in [0.1, 0.15) is 0 Å². The predicted octanol–water partition coefficient (Wildman–Crippen LogP) is 2.06. The van der Waals surface area contributed by atoms with Crippen LogP contribution in [-0.4, -0.2) is 54.2 Å². The molecule has 3 nitrogen and oxygen atoms in total. The van der Waals surface area contributed by atoms with Crippen molar-refractivity contribution in [2.45, 2.75) is 26.4 Å². The van der Waals surface area contributed by atoms with E-state index >= 15 is 0 Å². The van der Waals surface area contributed by atoms with Crippen molar-refractivity contribution in [2.24, 2.45) is 0 Å². The molecule has 0 radical (unpaired) electrons. The molecule has 0 bridgehead atoms. The van der Waals surface area contributed by atoms with E-state index in [1.807, 2.05) is 18.2 Å². The standard InChI is InChI=1S/C16H26N2O/c1-3-8-17-9-11-18(12-10-17)13-16(19)15-7-5-4-6-14(15)2/h4-7,16,19H,3,8-13H2,1-2H3. The molecule has 2 rings (SSSR count). The van der Waals surface area contributed by atoms with Crippen molar-refractivity contribution >= 4 is 0 Å². The van der Waals surface area contributed by atoms with E-state index in [-0.39, 0.29) is 6.10 Å². The molecule has 1 aromatic rings. The molecule has 1 aliphatic rings. The summed E-state index contributed by atoms with van der Waals surface area (Å²) in [6, 6.07) is 8.13. The Bertz CT molecular complexity index is 386. The molecule has 1 atom stereocenters. The minimum absolute atomic E-state index is 0.362. The van der Waals surface area contributed by atoms with Crippen LogP contribution in [0.15, 0.2) is 24.3 Å². The number of piperazine rings is 1. The average Bonchev–Trinajstić information content (AvgIpc) is 2.42. The highest BCUT2D eigenvalue weighted by atomic mass is 16.3. The maximum Gasteiger partial charge on any atom is 0.0919 e. The predicted molar refractivity (Wildman–Crippen MR) is 79.3 cm³/mol. The second-order valence-corrected chi connectivity index (χ2v) is 5.51. The lowest BCUT2D eigenvalue weighted by Gasteiger charge is -2.35. The topological polar surface area (TPSA) is 26.7 Å². The van der Waals surface area contributed by atoms with Gasteiger partial charge in [0.15, 0.2) is 0 Å². The Hall–Kier alpha value is -0.900. The largest absolute Gasteiger partial charge is 0.387 e. The van der Waals surface area contributed by atoms with Crippen molar-refractivity contribution in [3.05, 3.63) is 35.4 Å². The molecule has 0 aliphatic carbocycles. The Balaban J connectivity index is 1.84. The monoisotopic (exact) mass is 262 g/mol. The smallest absolute Gasteiger partial charge is 0.0919 e. The Morgan fingerprint density at radius 1 is 1.11 bits per heavy atom. The van der Waals surface area contributed by atoms with Crippen molar-refractivity contribution in [1.29, 1.82) is 0 Å². The average molecular weight is 262 g/mol. The van der Waals surface area contributed by atoms with Gasteiger partial charge < -0.3 is 10.0 Å². The molecule has 0 aromatic heterocycles. The number of β-amino-alcohol motifs (C(OH)–C–C–N with tert-alkyl or cyclic N) is 1. The number of hydrogen-bond acceptors (Lipinski definition) is 3. The van der Waals surface area contributed by atoms with Crippen molar-refractivity contribution in [1.82, 2.24) is 9.80 Å². The second-order valence-electron chi connectivity index (χ2n) is 5.51. The summed E-state index contributed by atoms with van der Waals surface area (Å²) < 4.78 is 0. The number of aliphatic hydroxyl groups excluding tert-OH is 1. The van der Waals surface area contributed by atoms with Gasteiger partial charge in [-0.2, -0.15) is 0 Å². The zero-order chi connectivity index (χ0) is 13.7. The zero-order valence-corrected chi connectivity index (χ0v) is 12.2. The molecule has 0 amide bonds. The van der Waals surface area contributed by atoms with E-state index in [0.717, 1.165) is 38.3 Å². The fraction of sp³-hybridized carbons (Fsp3) is 0.625. The Kier molecular flexibility index (Phi) is 5.37. The van der Waals surface area contributed by atoms with Crippen LogP contribution in [0, 0.1) is 6.92 Å². The number of nitrogens with zero attached hydrogens (tertiary/aromatic N) is 2. The lowest BCUT2D eigenvalue weighted by Crippen LogP contribution is -2.47. The van der Waals surface area contributed by atoms with E-state index in [1.54, 1.807) is 0 Å². The van der Waals surface area contributed by atoms with E-state index in [2.05, 4.69) is 29.7 Å². The van der Waals surface area contributed by atoms with Crippen LogP contribution in [-0.2, 0) is 0 Å². The minimum Gasteiger partial charge on any atom is -0.387 e. The molecule has 0 spiro atoms. The van der Waals surface area contributed by atoms with Crippen LogP contribution in [0.4, 0.5) is 0 Å². The maximum atomic E-state index is 10.4. The lowest BCUT2D eigenvalue weighted by atomic mass is 10.0. The van der Waals surface area contributed by atoms with Gasteiger partial charge in [0.2, 0.25) is 0 Å². The van der Waals surface area contributed by atoms with Crippen LogP contribution in [0.1, 0.15) is 30.6 Å². The first-order valence-corrected chi connectivity index (χ1v) is 7.39. The second kappa shape index (κ2) is 7.04. The Morgan fingerprint density at radius 2 is 1.74 bits per heavy atom. The molecule has 1 N–H and O–H groups in total. The molecule has 106 valence electrons. The van der Waals surface area contributed by atoms with Crippen molar-refractivity contribution in [2.75, 3.05) is 39.3 Å². The highest BCUT2D eigenvalue weighted by Gasteiger charge is 2.19. The maximum absolute atomic E-state index is 10.4. The van der Waals surface area contributed by atoms with E-state index in [1.165, 1.54) is 18.5 Å². The van der Waals surface area contributed by atoms with Crippen LogP contribution in [0.5, 0.6) is 0 Å². The summed E-state index contributed by atoms with van der Waals surface area (Å²) in [4.78, 5) is 4.89. The molecule has 1 fully saturated rings. The van der Waals surface area contributed by atoms with Crippen LogP contribution in [0.2, 0.25) is 0 Å². The Morgan fingerprint density at radius 3 is 2.37 bits per heavy atom. The van der Waals surface area contributed by atoms with Crippen LogP contribution >= 0.6 is 0 Å². The molecule has 1 aliphatic heterocycles. The van der Waals surface area contributed by atoms with E-state index in [0.29, 0.717) is 0 Å². The normalized spacial score (nSPS) is 19.5. The molecule has 19 heavy (non-hydrogen) atoms. The summed E-state index contributed by atoms with van der Waals surface area (Å²) in [7, 11) is 0. The third-order valence-corrected chi connectivity index (χ3v) is 3.98. The van der Waals surface area contributed by atoms with Gasteiger partial charge in [0, 0.05) is 32.7 Å². The summed E-state index contributed by atoms with van der Waals surface area (Å²) in [5.41, 5.74) is 2.25. The van der Waals surface area contributed by atoms with Gasteiger partial charge in [-0.05, 0) is 31.0 Å². The first-order valence-electron chi connectivity index (χ1n) is 7.39. The summed E-state index contributed by atoms with van der Waals surface area (Å²) in [6.07, 6.45) is 0.866. The van der Waals surface area contributed by atoms with Gasteiger partial charge in [-0.3, -0.25) is 4.90 Å². The molecule has 1 saturated heterocycles. The summed E-state index contributed by atoms with van der Waals surface area (Å²) in [5.74, 6) is 0. The molecule has 1 unspecified atom stereocenters. The molecule has 0 saturated carbocycles. The van der Waals surface area contributed by atoms with Gasteiger partial charge in [-0.15, -0.1) is 0 Å². The molecule has 1 heterocycles. The summed E-state index contributed by atoms with van der Waals surface area (Å²) in [5, 5.41) is 10.4. The Labute approximate surface area is 116 Å². The van der Waals surface area contributed by atoms with E-state index in [9.17, 15) is 5.11 Å². The number of rotatable bonds is 5. The zero-order valence-electron chi connectivity index (χ0n) is 12.2. The van der Waals surface area contributed by atoms with Gasteiger partial charge in [-0.1, -0.05) is 31.2 Å². The van der Waals surface area contributed by atoms with Gasteiger partial charge in [0.25, 0.3) is 0 Å². The highest BCUT2D eigenvalue weighted by molar-refractivity contribution is 5.27. The van der Waals surface area contributed by atoms with Crippen molar-refractivity contribution in [3.8, 4) is 0 Å². The third-order valence-electron chi connectivity index (χ3n) is 3.98. The molecule has 1 aromatic carbocycles. The summed E-state index contributed by atoms with van der Waals surface area (Å²) >= 11 is 0. The molecular weight excluding hydrogens is 236 g/mol. The number of aliphatic hydroxyl groups is 1. The quantitative estimate of drug-likeness (QED) is 0.880. The van der Waals surface area contributed by atoms with Crippen molar-refractivity contribution < 1.29 is 5.11 Å². The minimum atomic E-state index is -0.362. The first kappa shape index (κ1) is 14.5. The summed E-state index contributed by atoms with van der Waals surface area (Å²) in [6.45, 7) is 10.7. The SMILES string of the molecule is CCCN1CCN(CC(O)c2ccccc2C)CC1.